The van der Waals surface area contributed by atoms with Crippen molar-refractivity contribution in [2.45, 2.75) is 51.2 Å². The molecule has 0 aliphatic carbocycles. The van der Waals surface area contributed by atoms with E-state index < -0.39 is 0 Å². The molecule has 0 aromatic rings. The van der Waals surface area contributed by atoms with E-state index in [9.17, 15) is 4.79 Å². The van der Waals surface area contributed by atoms with Gasteiger partial charge < -0.3 is 15.0 Å². The summed E-state index contributed by atoms with van der Waals surface area (Å²) >= 11 is 0. The monoisotopic (exact) mass is 266 g/mol. The number of piperidine rings is 1. The predicted molar refractivity (Wildman–Crippen MR) is 73.8 cm³/mol. The van der Waals surface area contributed by atoms with Gasteiger partial charge in [-0.3, -0.25) is 4.79 Å². The molecule has 1 amide bonds. The van der Waals surface area contributed by atoms with Gasteiger partial charge in [0.15, 0.2) is 0 Å². The Balaban J connectivity index is 1.66. The van der Waals surface area contributed by atoms with Crippen molar-refractivity contribution in [1.82, 2.24) is 10.2 Å². The van der Waals surface area contributed by atoms with Crippen LogP contribution in [-0.4, -0.2) is 49.2 Å². The summed E-state index contributed by atoms with van der Waals surface area (Å²) < 4.78 is 5.57. The lowest BCUT2D eigenvalue weighted by atomic mass is 9.88. The normalized spacial score (nSPS) is 36.9. The van der Waals surface area contributed by atoms with Crippen LogP contribution in [0.3, 0.4) is 0 Å². The summed E-state index contributed by atoms with van der Waals surface area (Å²) in [6.45, 7) is 6.00. The number of hydrogen-bond acceptors (Lipinski definition) is 3. The van der Waals surface area contributed by atoms with Gasteiger partial charge in [-0.15, -0.1) is 0 Å². The van der Waals surface area contributed by atoms with E-state index in [-0.39, 0.29) is 12.0 Å². The molecule has 19 heavy (non-hydrogen) atoms. The largest absolute Gasteiger partial charge is 0.378 e. The molecule has 4 nitrogen and oxygen atoms in total. The van der Waals surface area contributed by atoms with Gasteiger partial charge in [-0.2, -0.15) is 0 Å². The second-order valence-corrected chi connectivity index (χ2v) is 6.30. The molecule has 108 valence electrons. The highest BCUT2D eigenvalue weighted by atomic mass is 16.5. The van der Waals surface area contributed by atoms with Crippen molar-refractivity contribution >= 4 is 5.91 Å². The van der Waals surface area contributed by atoms with E-state index in [4.69, 9.17) is 4.74 Å². The lowest BCUT2D eigenvalue weighted by Gasteiger charge is -2.35. The number of amides is 1. The van der Waals surface area contributed by atoms with E-state index in [0.717, 1.165) is 32.7 Å². The molecule has 0 saturated carbocycles. The highest BCUT2D eigenvalue weighted by Crippen LogP contribution is 2.33. The highest BCUT2D eigenvalue weighted by Gasteiger charge is 2.40. The average Bonchev–Trinajstić information content (AvgIpc) is 3.07. The minimum Gasteiger partial charge on any atom is -0.378 e. The zero-order valence-corrected chi connectivity index (χ0v) is 11.9. The average molecular weight is 266 g/mol. The molecule has 4 heteroatoms. The third-order valence-corrected chi connectivity index (χ3v) is 5.20. The fraction of sp³-hybridized carbons (Fsp3) is 0.933. The Morgan fingerprint density at radius 2 is 2.00 bits per heavy atom. The van der Waals surface area contributed by atoms with Crippen molar-refractivity contribution in [3.63, 3.8) is 0 Å². The Hall–Kier alpha value is -0.610. The quantitative estimate of drug-likeness (QED) is 0.821. The SMILES string of the molecule is CC1OCCC1C(=O)N1CCCC1C1CCNCC1. The predicted octanol–water partition coefficient (Wildman–Crippen LogP) is 1.40. The summed E-state index contributed by atoms with van der Waals surface area (Å²) in [5, 5.41) is 3.42. The molecule has 0 bridgehead atoms. The fourth-order valence-electron chi connectivity index (χ4n) is 4.05. The van der Waals surface area contributed by atoms with Gasteiger partial charge in [-0.05, 0) is 58.0 Å². The highest BCUT2D eigenvalue weighted by molar-refractivity contribution is 5.80. The molecule has 1 N–H and O–H groups in total. The first-order valence-corrected chi connectivity index (χ1v) is 7.90. The number of likely N-dealkylation sites (tertiary alicyclic amines) is 1. The Labute approximate surface area is 115 Å². The van der Waals surface area contributed by atoms with Crippen LogP contribution in [0.15, 0.2) is 0 Å². The summed E-state index contributed by atoms with van der Waals surface area (Å²) in [7, 11) is 0. The number of nitrogens with zero attached hydrogens (tertiary/aromatic N) is 1. The maximum Gasteiger partial charge on any atom is 0.228 e. The van der Waals surface area contributed by atoms with Crippen LogP contribution in [-0.2, 0) is 9.53 Å². The third kappa shape index (κ3) is 2.65. The first kappa shape index (κ1) is 13.4. The van der Waals surface area contributed by atoms with Crippen LogP contribution in [0, 0.1) is 11.8 Å². The van der Waals surface area contributed by atoms with Crippen molar-refractivity contribution in [2.75, 3.05) is 26.2 Å². The van der Waals surface area contributed by atoms with Gasteiger partial charge in [-0.25, -0.2) is 0 Å². The maximum atomic E-state index is 12.7. The topological polar surface area (TPSA) is 41.6 Å². The minimum absolute atomic E-state index is 0.113. The van der Waals surface area contributed by atoms with E-state index in [1.54, 1.807) is 0 Å². The summed E-state index contributed by atoms with van der Waals surface area (Å²) in [5.74, 6) is 1.19. The fourth-order valence-corrected chi connectivity index (χ4v) is 4.05. The van der Waals surface area contributed by atoms with Crippen molar-refractivity contribution in [3.05, 3.63) is 0 Å². The van der Waals surface area contributed by atoms with Crippen LogP contribution in [0.4, 0.5) is 0 Å². The van der Waals surface area contributed by atoms with Gasteiger partial charge in [0.1, 0.15) is 0 Å². The summed E-state index contributed by atoms with van der Waals surface area (Å²) in [6.07, 6.45) is 5.87. The van der Waals surface area contributed by atoms with Gasteiger partial charge in [0, 0.05) is 19.2 Å². The van der Waals surface area contributed by atoms with Crippen molar-refractivity contribution in [1.29, 1.82) is 0 Å². The van der Waals surface area contributed by atoms with Gasteiger partial charge in [0.2, 0.25) is 5.91 Å². The molecule has 0 radical (unpaired) electrons. The molecule has 3 fully saturated rings. The summed E-state index contributed by atoms with van der Waals surface area (Å²) in [6, 6.07) is 0.502. The molecule has 3 aliphatic heterocycles. The zero-order chi connectivity index (χ0) is 13.2. The van der Waals surface area contributed by atoms with Crippen LogP contribution in [0.25, 0.3) is 0 Å². The van der Waals surface area contributed by atoms with Crippen molar-refractivity contribution in [3.8, 4) is 0 Å². The third-order valence-electron chi connectivity index (χ3n) is 5.20. The molecular formula is C15H26N2O2. The van der Waals surface area contributed by atoms with Gasteiger partial charge in [-0.1, -0.05) is 0 Å². The van der Waals surface area contributed by atoms with Crippen molar-refractivity contribution < 1.29 is 9.53 Å². The second kappa shape index (κ2) is 5.80. The molecule has 3 saturated heterocycles. The maximum absolute atomic E-state index is 12.7. The molecule has 3 unspecified atom stereocenters. The van der Waals surface area contributed by atoms with Crippen LogP contribution < -0.4 is 5.32 Å². The van der Waals surface area contributed by atoms with Crippen LogP contribution in [0.5, 0.6) is 0 Å². The van der Waals surface area contributed by atoms with E-state index in [0.29, 0.717) is 17.9 Å². The van der Waals surface area contributed by atoms with Gasteiger partial charge >= 0.3 is 0 Å². The second-order valence-electron chi connectivity index (χ2n) is 6.30. The number of ether oxygens (including phenoxy) is 1. The molecular weight excluding hydrogens is 240 g/mol. The van der Waals surface area contributed by atoms with E-state index in [1.807, 2.05) is 6.92 Å². The molecule has 3 aliphatic rings. The molecule has 0 aromatic heterocycles. The van der Waals surface area contributed by atoms with E-state index >= 15 is 0 Å². The number of rotatable bonds is 2. The summed E-state index contributed by atoms with van der Waals surface area (Å²) in [4.78, 5) is 14.9. The lowest BCUT2D eigenvalue weighted by Crippen LogP contribution is -2.46. The first-order chi connectivity index (χ1) is 9.27. The van der Waals surface area contributed by atoms with Gasteiger partial charge in [0.25, 0.3) is 0 Å². The number of nitrogens with one attached hydrogen (secondary N) is 1. The Morgan fingerprint density at radius 1 is 1.21 bits per heavy atom. The molecule has 0 spiro atoms. The van der Waals surface area contributed by atoms with Crippen LogP contribution in [0.1, 0.15) is 39.0 Å². The number of carbonyl (C=O) groups excluding carboxylic acids is 1. The van der Waals surface area contributed by atoms with Crippen LogP contribution in [0.2, 0.25) is 0 Å². The van der Waals surface area contributed by atoms with Crippen LogP contribution >= 0.6 is 0 Å². The summed E-state index contributed by atoms with van der Waals surface area (Å²) in [5.41, 5.74) is 0. The number of hydrogen-bond donors (Lipinski definition) is 1. The Kier molecular flexibility index (Phi) is 4.08. The number of carbonyl (C=O) groups is 1. The molecule has 3 heterocycles. The Morgan fingerprint density at radius 3 is 2.68 bits per heavy atom. The van der Waals surface area contributed by atoms with E-state index in [2.05, 4.69) is 10.2 Å². The van der Waals surface area contributed by atoms with Gasteiger partial charge in [0.05, 0.1) is 12.0 Å². The van der Waals surface area contributed by atoms with Crippen molar-refractivity contribution in [2.24, 2.45) is 11.8 Å². The lowest BCUT2D eigenvalue weighted by molar-refractivity contribution is -0.139. The molecule has 3 atom stereocenters. The zero-order valence-electron chi connectivity index (χ0n) is 11.9. The van der Waals surface area contributed by atoms with E-state index in [1.165, 1.54) is 25.7 Å². The molecule has 0 aromatic carbocycles. The smallest absolute Gasteiger partial charge is 0.228 e. The Bertz CT molecular complexity index is 328. The standard InChI is InChI=1S/C15H26N2O2/c1-11-13(6-10-19-11)15(18)17-9-2-3-14(17)12-4-7-16-8-5-12/h11-14,16H,2-10H2,1H3. The minimum atomic E-state index is 0.113. The molecule has 3 rings (SSSR count). The first-order valence-electron chi connectivity index (χ1n) is 7.90.